The van der Waals surface area contributed by atoms with Gasteiger partial charge in [0, 0.05) is 22.2 Å². The van der Waals surface area contributed by atoms with E-state index in [2.05, 4.69) is 70.4 Å². The highest BCUT2D eigenvalue weighted by molar-refractivity contribution is 5.86. The standard InChI is InChI=1S/C24H18N4/c1-16-11-18-7-3-5-9-21(18)27(16)23-14-26-15-24(20(23)13-25)28-17(2)12-19-8-4-6-10-22(19)28/h3-12,14-15H,1-2H3. The average Bonchev–Trinajstić information content (AvgIpc) is 3.22. The Morgan fingerprint density at radius 1 is 0.750 bits per heavy atom. The molecule has 0 amide bonds. The zero-order valence-electron chi connectivity index (χ0n) is 15.7. The summed E-state index contributed by atoms with van der Waals surface area (Å²) in [5.74, 6) is 0. The third-order valence-corrected chi connectivity index (χ3v) is 5.29. The molecule has 0 bridgehead atoms. The first-order valence-corrected chi connectivity index (χ1v) is 9.22. The molecule has 0 unspecified atom stereocenters. The molecular weight excluding hydrogens is 344 g/mol. The van der Waals surface area contributed by atoms with Crippen LogP contribution in [-0.2, 0) is 0 Å². The maximum atomic E-state index is 10.1. The largest absolute Gasteiger partial charge is 0.311 e. The first-order valence-electron chi connectivity index (χ1n) is 9.22. The highest BCUT2D eigenvalue weighted by Gasteiger charge is 2.18. The topological polar surface area (TPSA) is 46.5 Å². The van der Waals surface area contributed by atoms with Crippen molar-refractivity contribution in [3.8, 4) is 17.4 Å². The molecule has 4 nitrogen and oxygen atoms in total. The molecule has 3 heterocycles. The fraction of sp³-hybridized carbons (Fsp3) is 0.0833. The van der Waals surface area contributed by atoms with Crippen LogP contribution in [0.25, 0.3) is 33.2 Å². The van der Waals surface area contributed by atoms with E-state index < -0.39 is 0 Å². The van der Waals surface area contributed by atoms with Crippen molar-refractivity contribution in [3.63, 3.8) is 0 Å². The van der Waals surface area contributed by atoms with Gasteiger partial charge in [0.2, 0.25) is 0 Å². The van der Waals surface area contributed by atoms with E-state index in [-0.39, 0.29) is 0 Å². The summed E-state index contributed by atoms with van der Waals surface area (Å²) in [6.07, 6.45) is 3.56. The summed E-state index contributed by atoms with van der Waals surface area (Å²) in [6, 6.07) is 23.1. The molecule has 0 radical (unpaired) electrons. The summed E-state index contributed by atoms with van der Waals surface area (Å²) in [4.78, 5) is 4.51. The summed E-state index contributed by atoms with van der Waals surface area (Å²) in [7, 11) is 0. The Bertz CT molecular complexity index is 1300. The van der Waals surface area contributed by atoms with Crippen molar-refractivity contribution >= 4 is 21.8 Å². The number of para-hydroxylation sites is 2. The molecule has 134 valence electrons. The van der Waals surface area contributed by atoms with Gasteiger partial charge in [0.15, 0.2) is 0 Å². The molecule has 0 spiro atoms. The van der Waals surface area contributed by atoms with Crippen LogP contribution in [0.2, 0.25) is 0 Å². The highest BCUT2D eigenvalue weighted by Crippen LogP contribution is 2.31. The Morgan fingerprint density at radius 2 is 1.21 bits per heavy atom. The molecule has 4 heteroatoms. The van der Waals surface area contributed by atoms with Crippen molar-refractivity contribution in [1.29, 1.82) is 5.26 Å². The first-order chi connectivity index (χ1) is 13.7. The molecule has 0 fully saturated rings. The van der Waals surface area contributed by atoms with Crippen molar-refractivity contribution in [1.82, 2.24) is 14.1 Å². The quantitative estimate of drug-likeness (QED) is 0.419. The molecule has 28 heavy (non-hydrogen) atoms. The summed E-state index contributed by atoms with van der Waals surface area (Å²) in [6.45, 7) is 4.12. The van der Waals surface area contributed by atoms with Crippen LogP contribution in [0, 0.1) is 25.2 Å². The molecule has 0 saturated carbocycles. The van der Waals surface area contributed by atoms with E-state index in [0.29, 0.717) is 5.56 Å². The molecular formula is C24H18N4. The summed E-state index contributed by atoms with van der Waals surface area (Å²) in [5.41, 5.74) is 6.52. The van der Waals surface area contributed by atoms with Gasteiger partial charge in [-0.15, -0.1) is 0 Å². The summed E-state index contributed by atoms with van der Waals surface area (Å²) >= 11 is 0. The van der Waals surface area contributed by atoms with Crippen LogP contribution >= 0.6 is 0 Å². The van der Waals surface area contributed by atoms with Crippen LogP contribution in [-0.4, -0.2) is 14.1 Å². The minimum atomic E-state index is 0.615. The Hall–Kier alpha value is -3.84. The SMILES string of the molecule is Cc1cc2ccccc2n1-c1cncc(-n2c(C)cc3ccccc32)c1C#N. The van der Waals surface area contributed by atoms with Gasteiger partial charge in [-0.3, -0.25) is 4.98 Å². The average molecular weight is 362 g/mol. The lowest BCUT2D eigenvalue weighted by Gasteiger charge is -2.15. The number of nitriles is 1. The molecule has 0 aliphatic heterocycles. The molecule has 3 aromatic heterocycles. The van der Waals surface area contributed by atoms with E-state index in [4.69, 9.17) is 0 Å². The fourth-order valence-corrected chi connectivity index (χ4v) is 4.12. The Balaban J connectivity index is 1.85. The fourth-order valence-electron chi connectivity index (χ4n) is 4.12. The number of pyridine rings is 1. The number of benzene rings is 2. The normalized spacial score (nSPS) is 11.2. The van der Waals surface area contributed by atoms with E-state index >= 15 is 0 Å². The number of hydrogen-bond acceptors (Lipinski definition) is 2. The monoisotopic (exact) mass is 362 g/mol. The van der Waals surface area contributed by atoms with Crippen molar-refractivity contribution in [2.75, 3.05) is 0 Å². The van der Waals surface area contributed by atoms with Gasteiger partial charge < -0.3 is 9.13 Å². The third kappa shape index (κ3) is 2.27. The number of nitrogens with zero attached hydrogens (tertiary/aromatic N) is 4. The van der Waals surface area contributed by atoms with E-state index in [1.807, 2.05) is 24.3 Å². The van der Waals surface area contributed by atoms with Crippen molar-refractivity contribution in [2.45, 2.75) is 13.8 Å². The van der Waals surface area contributed by atoms with Gasteiger partial charge in [-0.2, -0.15) is 5.26 Å². The maximum absolute atomic E-state index is 10.1. The zero-order chi connectivity index (χ0) is 19.3. The first kappa shape index (κ1) is 16.3. The second-order valence-electron chi connectivity index (χ2n) is 7.02. The van der Waals surface area contributed by atoms with Gasteiger partial charge in [0.05, 0.1) is 34.8 Å². The Kier molecular flexibility index (Phi) is 3.56. The molecule has 5 rings (SSSR count). The van der Waals surface area contributed by atoms with Crippen LogP contribution in [0.3, 0.4) is 0 Å². The highest BCUT2D eigenvalue weighted by atomic mass is 15.0. The molecule has 2 aromatic carbocycles. The molecule has 0 saturated heterocycles. The van der Waals surface area contributed by atoms with E-state index in [1.54, 1.807) is 12.4 Å². The summed E-state index contributed by atoms with van der Waals surface area (Å²) < 4.78 is 4.23. The number of fused-ring (bicyclic) bond motifs is 2. The van der Waals surface area contributed by atoms with Crippen LogP contribution in [0.1, 0.15) is 17.0 Å². The van der Waals surface area contributed by atoms with Gasteiger partial charge in [-0.25, -0.2) is 0 Å². The van der Waals surface area contributed by atoms with Gasteiger partial charge in [0.1, 0.15) is 11.6 Å². The minimum Gasteiger partial charge on any atom is -0.311 e. The lowest BCUT2D eigenvalue weighted by molar-refractivity contribution is 0.987. The smallest absolute Gasteiger partial charge is 0.104 e. The predicted molar refractivity (Wildman–Crippen MR) is 112 cm³/mol. The lowest BCUT2D eigenvalue weighted by atomic mass is 10.2. The van der Waals surface area contributed by atoms with Crippen LogP contribution in [0.4, 0.5) is 0 Å². The van der Waals surface area contributed by atoms with Gasteiger partial charge in [0.25, 0.3) is 0 Å². The van der Waals surface area contributed by atoms with Crippen LogP contribution in [0.15, 0.2) is 73.1 Å². The number of rotatable bonds is 2. The maximum Gasteiger partial charge on any atom is 0.104 e. The number of aryl methyl sites for hydroxylation is 2. The summed E-state index contributed by atoms with van der Waals surface area (Å²) in [5, 5.41) is 12.4. The van der Waals surface area contributed by atoms with Crippen molar-refractivity contribution < 1.29 is 0 Å². The van der Waals surface area contributed by atoms with Crippen molar-refractivity contribution in [3.05, 3.63) is 90.0 Å². The predicted octanol–water partition coefficient (Wildman–Crippen LogP) is 5.46. The van der Waals surface area contributed by atoms with Crippen LogP contribution in [0.5, 0.6) is 0 Å². The molecule has 0 aliphatic carbocycles. The lowest BCUT2D eigenvalue weighted by Crippen LogP contribution is -2.06. The molecule has 5 aromatic rings. The van der Waals surface area contributed by atoms with Crippen molar-refractivity contribution in [2.24, 2.45) is 0 Å². The molecule has 0 aliphatic rings. The molecule has 0 atom stereocenters. The van der Waals surface area contributed by atoms with E-state index in [9.17, 15) is 5.26 Å². The van der Waals surface area contributed by atoms with Gasteiger partial charge in [-0.1, -0.05) is 36.4 Å². The van der Waals surface area contributed by atoms with E-state index in [0.717, 1.165) is 44.6 Å². The minimum absolute atomic E-state index is 0.615. The second kappa shape index (κ2) is 6.11. The number of aromatic nitrogens is 3. The van der Waals surface area contributed by atoms with Gasteiger partial charge >= 0.3 is 0 Å². The van der Waals surface area contributed by atoms with Gasteiger partial charge in [-0.05, 0) is 38.1 Å². The second-order valence-corrected chi connectivity index (χ2v) is 7.02. The van der Waals surface area contributed by atoms with E-state index in [1.165, 1.54) is 0 Å². The number of hydrogen-bond donors (Lipinski definition) is 0. The Morgan fingerprint density at radius 3 is 1.68 bits per heavy atom. The Labute approximate surface area is 162 Å². The molecule has 0 N–H and O–H groups in total. The third-order valence-electron chi connectivity index (χ3n) is 5.29. The van der Waals surface area contributed by atoms with Crippen LogP contribution < -0.4 is 0 Å². The zero-order valence-corrected chi connectivity index (χ0v) is 15.7.